The lowest BCUT2D eigenvalue weighted by atomic mass is 9.95. The summed E-state index contributed by atoms with van der Waals surface area (Å²) < 4.78 is 1.35. The zero-order valence-corrected chi connectivity index (χ0v) is 14.4. The third-order valence-corrected chi connectivity index (χ3v) is 4.18. The van der Waals surface area contributed by atoms with Crippen LogP contribution in [0.25, 0.3) is 5.69 Å². The smallest absolute Gasteiger partial charge is 0.273 e. The van der Waals surface area contributed by atoms with Crippen molar-refractivity contribution in [3.05, 3.63) is 46.3 Å². The quantitative estimate of drug-likeness (QED) is 0.623. The van der Waals surface area contributed by atoms with E-state index in [4.69, 9.17) is 0 Å². The van der Waals surface area contributed by atoms with E-state index in [0.717, 1.165) is 19.5 Å². The van der Waals surface area contributed by atoms with Crippen LogP contribution in [0.3, 0.4) is 0 Å². The summed E-state index contributed by atoms with van der Waals surface area (Å²) in [5.74, 6) is 0.0919. The van der Waals surface area contributed by atoms with Gasteiger partial charge in [0.15, 0.2) is 5.69 Å². The van der Waals surface area contributed by atoms with Gasteiger partial charge in [-0.05, 0) is 24.9 Å². The van der Waals surface area contributed by atoms with E-state index in [9.17, 15) is 14.9 Å². The Kier molecular flexibility index (Phi) is 6.05. The van der Waals surface area contributed by atoms with E-state index in [-0.39, 0.29) is 35.7 Å². The third kappa shape index (κ3) is 4.31. The molecular weight excluding hydrogens is 348 g/mol. The molecule has 0 radical (unpaired) electrons. The number of aromatic nitrogens is 3. The van der Waals surface area contributed by atoms with E-state index in [1.807, 2.05) is 0 Å². The molecule has 1 saturated heterocycles. The molecule has 2 atom stereocenters. The fourth-order valence-corrected chi connectivity index (χ4v) is 2.67. The van der Waals surface area contributed by atoms with E-state index in [1.165, 1.54) is 23.0 Å². The average molecular weight is 367 g/mol. The van der Waals surface area contributed by atoms with Crippen molar-refractivity contribution in [1.29, 1.82) is 0 Å². The molecule has 1 aliphatic heterocycles. The monoisotopic (exact) mass is 366 g/mol. The van der Waals surface area contributed by atoms with E-state index >= 15 is 0 Å². The summed E-state index contributed by atoms with van der Waals surface area (Å²) in [5, 5.41) is 24.8. The number of rotatable bonds is 4. The number of halogens is 1. The number of nitrogens with one attached hydrogen (secondary N) is 2. The second kappa shape index (κ2) is 8.04. The predicted octanol–water partition coefficient (Wildman–Crippen LogP) is 1.33. The van der Waals surface area contributed by atoms with Crippen LogP contribution in [0.1, 0.15) is 23.8 Å². The van der Waals surface area contributed by atoms with Crippen molar-refractivity contribution >= 4 is 24.0 Å². The Balaban J connectivity index is 0.00000225. The van der Waals surface area contributed by atoms with Gasteiger partial charge in [-0.3, -0.25) is 14.9 Å². The predicted molar refractivity (Wildman–Crippen MR) is 93.2 cm³/mol. The van der Waals surface area contributed by atoms with Crippen molar-refractivity contribution in [3.63, 3.8) is 0 Å². The molecule has 25 heavy (non-hydrogen) atoms. The number of carbonyl (C=O) groups excluding carboxylic acids is 1. The van der Waals surface area contributed by atoms with E-state index in [2.05, 4.69) is 27.9 Å². The van der Waals surface area contributed by atoms with Crippen LogP contribution in [0, 0.1) is 16.0 Å². The largest absolute Gasteiger partial charge is 0.346 e. The molecule has 1 aromatic carbocycles. The first-order chi connectivity index (χ1) is 11.5. The number of nitro benzene ring substituents is 1. The van der Waals surface area contributed by atoms with Gasteiger partial charge in [-0.15, -0.1) is 17.5 Å². The SMILES string of the molecule is CC1CCNCC1NC(=O)c1cn(-c2cccc([N+](=O)[O-])c2)nn1.Cl. The summed E-state index contributed by atoms with van der Waals surface area (Å²) in [6, 6.07) is 6.05. The van der Waals surface area contributed by atoms with Crippen LogP contribution in [0.4, 0.5) is 5.69 Å². The molecule has 0 aliphatic carbocycles. The van der Waals surface area contributed by atoms with E-state index < -0.39 is 4.92 Å². The van der Waals surface area contributed by atoms with Crippen LogP contribution >= 0.6 is 12.4 Å². The van der Waals surface area contributed by atoms with Crippen LogP contribution in [0.15, 0.2) is 30.5 Å². The van der Waals surface area contributed by atoms with Crippen molar-refractivity contribution in [1.82, 2.24) is 25.6 Å². The lowest BCUT2D eigenvalue weighted by Crippen LogP contribution is -2.50. The molecule has 0 saturated carbocycles. The fourth-order valence-electron chi connectivity index (χ4n) is 2.67. The van der Waals surface area contributed by atoms with Gasteiger partial charge in [0.05, 0.1) is 16.8 Å². The van der Waals surface area contributed by atoms with E-state index in [1.54, 1.807) is 12.1 Å². The number of nitrogens with zero attached hydrogens (tertiary/aromatic N) is 4. The summed E-state index contributed by atoms with van der Waals surface area (Å²) in [4.78, 5) is 22.7. The second-order valence-corrected chi connectivity index (χ2v) is 5.88. The summed E-state index contributed by atoms with van der Waals surface area (Å²) in [6.45, 7) is 3.79. The molecule has 3 rings (SSSR count). The number of hydrogen-bond acceptors (Lipinski definition) is 6. The van der Waals surface area contributed by atoms with Gasteiger partial charge in [0, 0.05) is 24.7 Å². The normalized spacial score (nSPS) is 19.7. The maximum atomic E-state index is 12.3. The number of benzene rings is 1. The van der Waals surface area contributed by atoms with Crippen LogP contribution in [0.2, 0.25) is 0 Å². The number of amides is 1. The average Bonchev–Trinajstić information content (AvgIpc) is 3.07. The number of non-ortho nitro benzene ring substituents is 1. The van der Waals surface area contributed by atoms with Gasteiger partial charge in [0.2, 0.25) is 0 Å². The highest BCUT2D eigenvalue weighted by Crippen LogP contribution is 2.16. The summed E-state index contributed by atoms with van der Waals surface area (Å²) >= 11 is 0. The molecule has 2 heterocycles. The number of hydrogen-bond donors (Lipinski definition) is 2. The molecule has 9 nitrogen and oxygen atoms in total. The molecule has 2 unspecified atom stereocenters. The van der Waals surface area contributed by atoms with Gasteiger partial charge in [0.1, 0.15) is 0 Å². The number of nitro groups is 1. The summed E-state index contributed by atoms with van der Waals surface area (Å²) in [7, 11) is 0. The topological polar surface area (TPSA) is 115 Å². The molecule has 2 aromatic rings. The molecule has 1 amide bonds. The Morgan fingerprint density at radius 2 is 2.28 bits per heavy atom. The van der Waals surface area contributed by atoms with Crippen molar-refractivity contribution in [2.24, 2.45) is 5.92 Å². The molecule has 0 spiro atoms. The van der Waals surface area contributed by atoms with Crippen LogP contribution < -0.4 is 10.6 Å². The Morgan fingerprint density at radius 1 is 1.48 bits per heavy atom. The molecule has 134 valence electrons. The molecule has 1 aromatic heterocycles. The maximum Gasteiger partial charge on any atom is 0.273 e. The molecule has 1 aliphatic rings. The van der Waals surface area contributed by atoms with Crippen molar-refractivity contribution in [2.45, 2.75) is 19.4 Å². The van der Waals surface area contributed by atoms with Crippen molar-refractivity contribution in [3.8, 4) is 5.69 Å². The third-order valence-electron chi connectivity index (χ3n) is 4.18. The molecule has 1 fully saturated rings. The lowest BCUT2D eigenvalue weighted by Gasteiger charge is -2.29. The van der Waals surface area contributed by atoms with Crippen LogP contribution in [-0.2, 0) is 0 Å². The summed E-state index contributed by atoms with van der Waals surface area (Å²) in [6.07, 6.45) is 2.47. The van der Waals surface area contributed by atoms with Crippen LogP contribution in [0.5, 0.6) is 0 Å². The van der Waals surface area contributed by atoms with Crippen LogP contribution in [-0.4, -0.2) is 45.0 Å². The first-order valence-corrected chi connectivity index (χ1v) is 7.73. The number of piperidine rings is 1. The zero-order valence-electron chi connectivity index (χ0n) is 13.6. The molecule has 0 bridgehead atoms. The molecule has 10 heteroatoms. The summed E-state index contributed by atoms with van der Waals surface area (Å²) in [5.41, 5.74) is 0.610. The number of carbonyl (C=O) groups is 1. The highest BCUT2D eigenvalue weighted by atomic mass is 35.5. The lowest BCUT2D eigenvalue weighted by molar-refractivity contribution is -0.384. The standard InChI is InChI=1S/C15H18N6O3.ClH/c1-10-5-6-16-8-13(10)17-15(22)14-9-20(19-18-14)11-3-2-4-12(7-11)21(23)24;/h2-4,7,9-10,13,16H,5-6,8H2,1H3,(H,17,22);1H. The highest BCUT2D eigenvalue weighted by Gasteiger charge is 2.24. The van der Waals surface area contributed by atoms with Gasteiger partial charge < -0.3 is 10.6 Å². The van der Waals surface area contributed by atoms with Crippen molar-refractivity contribution in [2.75, 3.05) is 13.1 Å². The Hall–Kier alpha value is -2.52. The van der Waals surface area contributed by atoms with E-state index in [0.29, 0.717) is 11.6 Å². The maximum absolute atomic E-state index is 12.3. The van der Waals surface area contributed by atoms with Gasteiger partial charge in [-0.2, -0.15) is 0 Å². The van der Waals surface area contributed by atoms with Gasteiger partial charge >= 0.3 is 0 Å². The minimum absolute atomic E-state index is 0. The Morgan fingerprint density at radius 3 is 3.00 bits per heavy atom. The molecule has 2 N–H and O–H groups in total. The van der Waals surface area contributed by atoms with Gasteiger partial charge in [-0.1, -0.05) is 18.2 Å². The second-order valence-electron chi connectivity index (χ2n) is 5.88. The first-order valence-electron chi connectivity index (χ1n) is 7.73. The minimum Gasteiger partial charge on any atom is -0.346 e. The zero-order chi connectivity index (χ0) is 17.1. The van der Waals surface area contributed by atoms with Crippen molar-refractivity contribution < 1.29 is 9.72 Å². The van der Waals surface area contributed by atoms with Gasteiger partial charge in [0.25, 0.3) is 11.6 Å². The fraction of sp³-hybridized carbons (Fsp3) is 0.400. The first kappa shape index (κ1) is 18.8. The Bertz CT molecular complexity index is 765. The minimum atomic E-state index is -0.481. The highest BCUT2D eigenvalue weighted by molar-refractivity contribution is 5.92. The van der Waals surface area contributed by atoms with Gasteiger partial charge in [-0.25, -0.2) is 4.68 Å². The molecular formula is C15H19ClN6O3. The Labute approximate surface area is 150 Å².